The number of aromatic amines is 1. The molecule has 0 radical (unpaired) electrons. The van der Waals surface area contributed by atoms with E-state index < -0.39 is 5.92 Å². The van der Waals surface area contributed by atoms with E-state index in [1.54, 1.807) is 20.3 Å². The number of ketones is 1. The third-order valence-electron chi connectivity index (χ3n) is 6.76. The van der Waals surface area contributed by atoms with Crippen molar-refractivity contribution in [2.75, 3.05) is 19.5 Å². The van der Waals surface area contributed by atoms with Crippen LogP contribution in [0.5, 0.6) is 11.5 Å². The first-order valence-electron chi connectivity index (χ1n) is 12.0. The van der Waals surface area contributed by atoms with E-state index in [9.17, 15) is 9.59 Å². The van der Waals surface area contributed by atoms with Crippen molar-refractivity contribution in [2.24, 2.45) is 5.41 Å². The number of Topliss-reactive ketones (excluding diaryl/α,β-unsaturated/α-hetero) is 1. The van der Waals surface area contributed by atoms with E-state index in [1.807, 2.05) is 36.4 Å². The summed E-state index contributed by atoms with van der Waals surface area (Å²) in [6.07, 6.45) is 1.08. The summed E-state index contributed by atoms with van der Waals surface area (Å²) < 4.78 is 10.9. The molecule has 1 aliphatic heterocycles. The molecule has 0 saturated heterocycles. The zero-order chi connectivity index (χ0) is 26.3. The summed E-state index contributed by atoms with van der Waals surface area (Å²) in [4.78, 5) is 34.8. The van der Waals surface area contributed by atoms with Gasteiger partial charge in [0, 0.05) is 34.4 Å². The van der Waals surface area contributed by atoms with Gasteiger partial charge in [0.1, 0.15) is 5.82 Å². The van der Waals surface area contributed by atoms with Gasteiger partial charge in [-0.15, -0.1) is 0 Å². The zero-order valence-corrected chi connectivity index (χ0v) is 22.7. The van der Waals surface area contributed by atoms with E-state index in [0.29, 0.717) is 57.2 Å². The molecule has 5 rings (SSSR count). The van der Waals surface area contributed by atoms with E-state index in [-0.39, 0.29) is 16.8 Å². The molecule has 0 bridgehead atoms. The number of allylic oxidation sites excluding steroid dienone is 2. The fourth-order valence-electron chi connectivity index (χ4n) is 5.09. The molecule has 1 unspecified atom stereocenters. The molecule has 2 N–H and O–H groups in total. The topological polar surface area (TPSA) is 93.3 Å². The number of ether oxygens (including phenoxy) is 2. The summed E-state index contributed by atoms with van der Waals surface area (Å²) >= 11 is 7.71. The normalized spacial score (nSPS) is 18.1. The first-order chi connectivity index (χ1) is 17.7. The predicted octanol–water partition coefficient (Wildman–Crippen LogP) is 5.93. The van der Waals surface area contributed by atoms with Gasteiger partial charge in [-0.3, -0.25) is 9.59 Å². The van der Waals surface area contributed by atoms with Crippen molar-refractivity contribution >= 4 is 35.0 Å². The number of anilines is 1. The van der Waals surface area contributed by atoms with Crippen LogP contribution in [0.25, 0.3) is 0 Å². The van der Waals surface area contributed by atoms with E-state index in [4.69, 9.17) is 26.1 Å². The second-order valence-electron chi connectivity index (χ2n) is 10.0. The Kier molecular flexibility index (Phi) is 6.81. The summed E-state index contributed by atoms with van der Waals surface area (Å²) in [7, 11) is 3.13. The molecule has 37 heavy (non-hydrogen) atoms. The number of thioether (sulfide) groups is 1. The zero-order valence-electron chi connectivity index (χ0n) is 21.1. The Morgan fingerprint density at radius 2 is 1.84 bits per heavy atom. The van der Waals surface area contributed by atoms with E-state index in [1.165, 1.54) is 11.8 Å². The Hall–Kier alpha value is -3.23. The van der Waals surface area contributed by atoms with Gasteiger partial charge in [0.25, 0.3) is 5.56 Å². The van der Waals surface area contributed by atoms with Crippen LogP contribution in [0.2, 0.25) is 5.02 Å². The molecule has 9 heteroatoms. The van der Waals surface area contributed by atoms with Crippen LogP contribution in [-0.2, 0) is 10.5 Å². The van der Waals surface area contributed by atoms with Crippen molar-refractivity contribution in [3.05, 3.63) is 85.8 Å². The van der Waals surface area contributed by atoms with Gasteiger partial charge >= 0.3 is 0 Å². The predicted molar refractivity (Wildman–Crippen MR) is 146 cm³/mol. The van der Waals surface area contributed by atoms with E-state index in [2.05, 4.69) is 24.1 Å². The molecule has 7 nitrogen and oxygen atoms in total. The highest BCUT2D eigenvalue weighted by atomic mass is 35.5. The Morgan fingerprint density at radius 1 is 1.08 bits per heavy atom. The highest BCUT2D eigenvalue weighted by Gasteiger charge is 2.42. The largest absolute Gasteiger partial charge is 0.493 e. The van der Waals surface area contributed by atoms with Crippen molar-refractivity contribution < 1.29 is 14.3 Å². The first kappa shape index (κ1) is 25.4. The first-order valence-corrected chi connectivity index (χ1v) is 13.3. The number of nitrogens with one attached hydrogen (secondary N) is 2. The van der Waals surface area contributed by atoms with Crippen LogP contribution in [0.1, 0.15) is 49.3 Å². The summed E-state index contributed by atoms with van der Waals surface area (Å²) in [6, 6.07) is 13.1. The molecule has 2 heterocycles. The van der Waals surface area contributed by atoms with Gasteiger partial charge in [-0.1, -0.05) is 61.5 Å². The van der Waals surface area contributed by atoms with Crippen LogP contribution in [0.4, 0.5) is 5.82 Å². The molecular weight excluding hydrogens is 510 g/mol. The maximum Gasteiger partial charge on any atom is 0.257 e. The monoisotopic (exact) mass is 537 g/mol. The number of rotatable bonds is 6. The van der Waals surface area contributed by atoms with Gasteiger partial charge in [0.15, 0.2) is 22.4 Å². The molecule has 1 atom stereocenters. The van der Waals surface area contributed by atoms with Gasteiger partial charge in [-0.25, -0.2) is 4.98 Å². The van der Waals surface area contributed by atoms with Gasteiger partial charge in [0.05, 0.1) is 19.8 Å². The van der Waals surface area contributed by atoms with Crippen LogP contribution >= 0.6 is 23.4 Å². The second-order valence-corrected chi connectivity index (χ2v) is 11.4. The lowest BCUT2D eigenvalue weighted by Crippen LogP contribution is -2.37. The number of halogens is 1. The molecule has 0 fully saturated rings. The van der Waals surface area contributed by atoms with E-state index >= 15 is 0 Å². The van der Waals surface area contributed by atoms with Crippen LogP contribution < -0.4 is 20.3 Å². The van der Waals surface area contributed by atoms with Crippen molar-refractivity contribution in [1.82, 2.24) is 9.97 Å². The van der Waals surface area contributed by atoms with Crippen LogP contribution in [0.15, 0.2) is 63.7 Å². The number of benzene rings is 2. The molecule has 0 amide bonds. The maximum atomic E-state index is 13.6. The highest BCUT2D eigenvalue weighted by Crippen LogP contribution is 2.48. The fourth-order valence-corrected chi connectivity index (χ4v) is 6.24. The Bertz CT molecular complexity index is 1480. The van der Waals surface area contributed by atoms with Crippen molar-refractivity contribution in [3.63, 3.8) is 0 Å². The quantitative estimate of drug-likeness (QED) is 0.297. The molecule has 0 saturated carbocycles. The molecule has 192 valence electrons. The lowest BCUT2D eigenvalue weighted by Gasteiger charge is -2.38. The minimum atomic E-state index is -0.575. The summed E-state index contributed by atoms with van der Waals surface area (Å²) in [6.45, 7) is 4.15. The number of methoxy groups -OCH3 is 2. The summed E-state index contributed by atoms with van der Waals surface area (Å²) in [5.41, 5.74) is 3.08. The van der Waals surface area contributed by atoms with Crippen molar-refractivity contribution in [3.8, 4) is 11.5 Å². The minimum absolute atomic E-state index is 0.0285. The lowest BCUT2D eigenvalue weighted by molar-refractivity contribution is -0.118. The third-order valence-corrected chi connectivity index (χ3v) is 8.05. The number of hydrogen-bond donors (Lipinski definition) is 2. The molecule has 0 spiro atoms. The minimum Gasteiger partial charge on any atom is -0.493 e. The van der Waals surface area contributed by atoms with Crippen LogP contribution in [0, 0.1) is 5.41 Å². The SMILES string of the molecule is COc1ccc(C2C3=C(CC(C)(C)CC3=O)Nc3nc(SCc4ccccc4Cl)[nH]c(=O)c32)cc1OC. The smallest absolute Gasteiger partial charge is 0.257 e. The van der Waals surface area contributed by atoms with Crippen LogP contribution in [0.3, 0.4) is 0 Å². The molecule has 2 aromatic carbocycles. The molecule has 1 aromatic heterocycles. The van der Waals surface area contributed by atoms with Gasteiger partial charge in [0.2, 0.25) is 0 Å². The Morgan fingerprint density at radius 3 is 2.57 bits per heavy atom. The number of nitrogens with zero attached hydrogens (tertiary/aromatic N) is 1. The Labute approximate surface area is 224 Å². The molecule has 1 aliphatic carbocycles. The number of H-pyrrole nitrogens is 1. The van der Waals surface area contributed by atoms with Crippen molar-refractivity contribution in [1.29, 1.82) is 0 Å². The van der Waals surface area contributed by atoms with Gasteiger partial charge < -0.3 is 19.8 Å². The molecular formula is C28H28ClN3O4S. The molecule has 2 aliphatic rings. The number of hydrogen-bond acceptors (Lipinski definition) is 7. The number of carbonyl (C=O) groups excluding carboxylic acids is 1. The number of fused-ring (bicyclic) bond motifs is 1. The van der Waals surface area contributed by atoms with Gasteiger partial charge in [-0.2, -0.15) is 0 Å². The highest BCUT2D eigenvalue weighted by molar-refractivity contribution is 7.98. The van der Waals surface area contributed by atoms with Gasteiger partial charge in [-0.05, 0) is 41.2 Å². The van der Waals surface area contributed by atoms with E-state index in [0.717, 1.165) is 16.8 Å². The maximum absolute atomic E-state index is 13.6. The number of carbonyl (C=O) groups is 1. The third kappa shape index (κ3) is 4.88. The molecule has 3 aromatic rings. The standard InChI is InChI=1S/C28H28ClN3O4S/c1-28(2)12-18-23(19(33)13-28)22(15-9-10-20(35-3)21(11-15)36-4)24-25(30-18)31-27(32-26(24)34)37-14-16-7-5-6-8-17(16)29/h5-11,22H,12-14H2,1-4H3,(H2,30,31,32,34). The summed E-state index contributed by atoms with van der Waals surface area (Å²) in [5, 5.41) is 4.50. The lowest BCUT2D eigenvalue weighted by atomic mass is 9.69. The average Bonchev–Trinajstić information content (AvgIpc) is 2.85. The number of aromatic nitrogens is 2. The van der Waals surface area contributed by atoms with Crippen molar-refractivity contribution in [2.45, 2.75) is 43.5 Å². The summed E-state index contributed by atoms with van der Waals surface area (Å²) in [5.74, 6) is 1.58. The second kappa shape index (κ2) is 9.91. The Balaban J connectivity index is 1.61. The van der Waals surface area contributed by atoms with Crippen LogP contribution in [-0.4, -0.2) is 30.0 Å². The average molecular weight is 538 g/mol. The fraction of sp³-hybridized carbons (Fsp3) is 0.321.